The highest BCUT2D eigenvalue weighted by Crippen LogP contribution is 2.54. The number of carbonyl (C=O) groups is 3. The number of nitrogens with zero attached hydrogens (tertiary/aromatic N) is 2. The first-order valence-electron chi connectivity index (χ1n) is 27.3. The summed E-state index contributed by atoms with van der Waals surface area (Å²) in [6.45, 7) is 2.31. The van der Waals surface area contributed by atoms with E-state index in [2.05, 4.69) is 91.5 Å². The van der Waals surface area contributed by atoms with Gasteiger partial charge in [0, 0.05) is 37.1 Å². The molecule has 1 N–H and O–H groups in total. The maximum Gasteiger partial charge on any atom is 0.338 e. The molecular weight excluding hydrogens is 1080 g/mol. The van der Waals surface area contributed by atoms with Crippen LogP contribution in [0.4, 0.5) is 0 Å². The van der Waals surface area contributed by atoms with Gasteiger partial charge in [-0.05, 0) is 168 Å². The van der Waals surface area contributed by atoms with Gasteiger partial charge in [-0.3, -0.25) is 4.79 Å². The van der Waals surface area contributed by atoms with E-state index in [1.54, 1.807) is 6.07 Å². The van der Waals surface area contributed by atoms with Crippen LogP contribution in [0.2, 0.25) is 10.0 Å². The van der Waals surface area contributed by atoms with Crippen LogP contribution in [0.15, 0.2) is 158 Å². The highest BCUT2D eigenvalue weighted by Gasteiger charge is 2.45. The molecule has 2 fully saturated rings. The van der Waals surface area contributed by atoms with Gasteiger partial charge in [0.25, 0.3) is 0 Å². The zero-order chi connectivity index (χ0) is 56.1. The van der Waals surface area contributed by atoms with Gasteiger partial charge in [-0.25, -0.2) is 19.6 Å². The predicted molar refractivity (Wildman–Crippen MR) is 333 cm³/mol. The van der Waals surface area contributed by atoms with Crippen molar-refractivity contribution in [2.45, 2.75) is 81.6 Å². The number of aryl methyl sites for hydroxylation is 2. The second kappa shape index (κ2) is 27.2. The monoisotopic (exact) mass is 1140 g/mol. The van der Waals surface area contributed by atoms with E-state index >= 15 is 0 Å². The number of hydrogen-bond acceptors (Lipinski definition) is 9. The van der Waals surface area contributed by atoms with E-state index in [4.69, 9.17) is 42.6 Å². The molecule has 2 atom stereocenters. The highest BCUT2D eigenvalue weighted by molar-refractivity contribution is 7.99. The van der Waals surface area contributed by atoms with Crippen LogP contribution in [0.25, 0.3) is 46.1 Å². The molecule has 6 aromatic carbocycles. The maximum atomic E-state index is 12.3. The number of carboxylic acid groups (broad SMARTS) is 1. The number of halogens is 2. The largest absolute Gasteiger partial charge is 0.481 e. The third-order valence-corrected chi connectivity index (χ3v) is 19.2. The van der Waals surface area contributed by atoms with E-state index < -0.39 is 5.97 Å². The second-order valence-corrected chi connectivity index (χ2v) is 24.3. The number of pyridine rings is 2. The van der Waals surface area contributed by atoms with E-state index in [0.29, 0.717) is 38.3 Å². The van der Waals surface area contributed by atoms with Gasteiger partial charge in [0.15, 0.2) is 0 Å². The van der Waals surface area contributed by atoms with Crippen molar-refractivity contribution in [3.63, 3.8) is 0 Å². The zero-order valence-corrected chi connectivity index (χ0v) is 48.6. The summed E-state index contributed by atoms with van der Waals surface area (Å²) in [5, 5.41) is 13.4. The average molecular weight is 1140 g/mol. The van der Waals surface area contributed by atoms with Crippen molar-refractivity contribution in [1.29, 1.82) is 0 Å². The van der Waals surface area contributed by atoms with Gasteiger partial charge in [0.2, 0.25) is 0 Å². The van der Waals surface area contributed by atoms with Gasteiger partial charge < -0.3 is 14.6 Å². The van der Waals surface area contributed by atoms with Gasteiger partial charge in [-0.15, -0.1) is 0 Å². The molecule has 0 aliphatic heterocycles. The summed E-state index contributed by atoms with van der Waals surface area (Å²) in [7, 11) is 2.84. The van der Waals surface area contributed by atoms with Crippen LogP contribution in [0.3, 0.4) is 0 Å². The normalized spacial score (nSPS) is 14.8. The smallest absolute Gasteiger partial charge is 0.338 e. The number of carbonyl (C=O) groups excluding carboxylic acids is 2. The Labute approximate surface area is 488 Å². The number of aromatic nitrogens is 2. The lowest BCUT2D eigenvalue weighted by Gasteiger charge is -2.21. The first-order chi connectivity index (χ1) is 38.8. The minimum absolute atomic E-state index is 0.110. The predicted octanol–water partition coefficient (Wildman–Crippen LogP) is 17.9. The molecule has 0 unspecified atom stereocenters. The molecule has 2 aliphatic carbocycles. The number of benzene rings is 6. The van der Waals surface area contributed by atoms with E-state index in [1.165, 1.54) is 50.4 Å². The number of methoxy groups -OCH3 is 2. The standard InChI is InChI=1S/C34H32ClNO4S.C34H34ClNO2S/c1-40-33(39)29-8-3-2-6-24(29)12-16-31(41-22-34(17-18-34)21-32(37)38)26-7-4-5-23(19-26)9-14-28-15-11-25-10-13-27(35)20-30(25)36-28;1-3-34(19-20-34)23-39-32(18-14-25-8-4-5-10-30(25)33(37)38-2)27-9-6-7-24(21-27)11-16-29-17-13-26-12-15-28(35)22-31(26)36-29/h2-11,13-15,19-20,31H,12,16-18,21-22H2,1H3,(H,37,38);4-13,15-17,21-22,32H,3,14,18-20,23H2,1-2H3/b14-9+;16-11+/t31-;32-/m11/s1. The van der Waals surface area contributed by atoms with Crippen LogP contribution < -0.4 is 0 Å². The highest BCUT2D eigenvalue weighted by atomic mass is 35.5. The van der Waals surface area contributed by atoms with Crippen LogP contribution in [0, 0.1) is 10.8 Å². The molecule has 12 heteroatoms. The Balaban J connectivity index is 0.000000194. The number of thioether (sulfide) groups is 2. The minimum Gasteiger partial charge on any atom is -0.481 e. The van der Waals surface area contributed by atoms with Gasteiger partial charge in [-0.2, -0.15) is 23.5 Å². The Morgan fingerprint density at radius 1 is 0.562 bits per heavy atom. The van der Waals surface area contributed by atoms with Crippen molar-refractivity contribution < 1.29 is 29.0 Å². The number of esters is 2. The lowest BCUT2D eigenvalue weighted by Crippen LogP contribution is -2.13. The molecule has 2 heterocycles. The summed E-state index contributed by atoms with van der Waals surface area (Å²) in [6, 6.07) is 52.3. The molecule has 0 spiro atoms. The molecule has 2 aliphatic rings. The molecule has 0 saturated heterocycles. The summed E-state index contributed by atoms with van der Waals surface area (Å²) in [5.74, 6) is 0.639. The number of ether oxygens (including phenoxy) is 2. The zero-order valence-electron chi connectivity index (χ0n) is 45.4. The molecule has 2 aromatic heterocycles. The Kier molecular flexibility index (Phi) is 19.7. The lowest BCUT2D eigenvalue weighted by molar-refractivity contribution is -0.138. The molecule has 2 saturated carbocycles. The fourth-order valence-corrected chi connectivity index (χ4v) is 13.6. The van der Waals surface area contributed by atoms with Crippen LogP contribution in [-0.4, -0.2) is 58.7 Å². The Morgan fingerprint density at radius 2 is 1.00 bits per heavy atom. The summed E-state index contributed by atoms with van der Waals surface area (Å²) >= 11 is 16.2. The molecule has 0 bridgehead atoms. The molecule has 0 radical (unpaired) electrons. The Hall–Kier alpha value is -6.69. The molecule has 8 aromatic rings. The van der Waals surface area contributed by atoms with Crippen LogP contribution in [-0.2, 0) is 27.1 Å². The van der Waals surface area contributed by atoms with E-state index in [9.17, 15) is 19.5 Å². The fraction of sp³-hybridized carbons (Fsp3) is 0.279. The molecular formula is C68H66Cl2N2O6S2. The first-order valence-corrected chi connectivity index (χ1v) is 30.1. The SMILES string of the molecule is CCC1(CS[C@H](CCc2ccccc2C(=O)OC)c2cccc(/C=C/c3ccc4ccc(Cl)cc4n3)c2)CC1.COC(=O)c1ccccc1CC[C@@H](SCC1(CC(=O)O)CC1)c1cccc(/C=C/c2ccc3ccc(Cl)cc3n2)c1. The van der Waals surface area contributed by atoms with Gasteiger partial charge in [0.1, 0.15) is 0 Å². The van der Waals surface area contributed by atoms with Crippen molar-refractivity contribution in [3.8, 4) is 0 Å². The lowest BCUT2D eigenvalue weighted by atomic mass is 9.98. The Bertz CT molecular complexity index is 3560. The average Bonchev–Trinajstić information content (AvgIpc) is 4.44. The van der Waals surface area contributed by atoms with Gasteiger partial charge in [-0.1, -0.05) is 151 Å². The van der Waals surface area contributed by atoms with Gasteiger partial charge >= 0.3 is 17.9 Å². The summed E-state index contributed by atoms with van der Waals surface area (Å²) in [4.78, 5) is 45.6. The van der Waals surface area contributed by atoms with E-state index in [-0.39, 0.29) is 29.0 Å². The summed E-state index contributed by atoms with van der Waals surface area (Å²) in [5.41, 5.74) is 11.9. The molecule has 0 amide bonds. The summed E-state index contributed by atoms with van der Waals surface area (Å²) < 4.78 is 10.0. The third kappa shape index (κ3) is 15.8. The van der Waals surface area contributed by atoms with Crippen molar-refractivity contribution in [3.05, 3.63) is 224 Å². The van der Waals surface area contributed by atoms with Crippen molar-refractivity contribution in [2.24, 2.45) is 10.8 Å². The third-order valence-electron chi connectivity index (χ3n) is 15.4. The number of carboxylic acids is 1. The van der Waals surface area contributed by atoms with Crippen LogP contribution >= 0.6 is 46.7 Å². The van der Waals surface area contributed by atoms with Crippen molar-refractivity contribution in [2.75, 3.05) is 25.7 Å². The van der Waals surface area contributed by atoms with Crippen LogP contribution in [0.5, 0.6) is 0 Å². The van der Waals surface area contributed by atoms with Gasteiger partial charge in [0.05, 0.1) is 54.2 Å². The molecule has 8 nitrogen and oxygen atoms in total. The van der Waals surface area contributed by atoms with E-state index in [0.717, 1.165) is 93.3 Å². The molecule has 80 heavy (non-hydrogen) atoms. The number of rotatable bonds is 23. The fourth-order valence-electron chi connectivity index (χ4n) is 10.0. The number of fused-ring (bicyclic) bond motifs is 2. The number of hydrogen-bond donors (Lipinski definition) is 1. The van der Waals surface area contributed by atoms with Crippen molar-refractivity contribution >= 4 is 111 Å². The number of aliphatic carboxylic acids is 1. The quantitative estimate of drug-likeness (QED) is 0.0621. The minimum atomic E-state index is -0.733. The Morgan fingerprint density at radius 3 is 1.43 bits per heavy atom. The second-order valence-electron chi connectivity index (χ2n) is 21.1. The van der Waals surface area contributed by atoms with Crippen molar-refractivity contribution in [1.82, 2.24) is 9.97 Å². The molecule has 410 valence electrons. The van der Waals surface area contributed by atoms with Crippen LogP contribution in [0.1, 0.15) is 134 Å². The molecule has 10 rings (SSSR count). The first kappa shape index (κ1) is 58.0. The summed E-state index contributed by atoms with van der Waals surface area (Å²) in [6.07, 6.45) is 17.6. The topological polar surface area (TPSA) is 116 Å². The maximum absolute atomic E-state index is 12.3. The van der Waals surface area contributed by atoms with E-state index in [1.807, 2.05) is 115 Å².